The second-order valence-electron chi connectivity index (χ2n) is 7.65. The van der Waals surface area contributed by atoms with E-state index < -0.39 is 17.5 Å². The third kappa shape index (κ3) is 3.05. The summed E-state index contributed by atoms with van der Waals surface area (Å²) in [5, 5.41) is 2.76. The van der Waals surface area contributed by atoms with E-state index in [0.717, 1.165) is 22.4 Å². The highest BCUT2D eigenvalue weighted by Gasteiger charge is 2.49. The Kier molecular flexibility index (Phi) is 4.41. The van der Waals surface area contributed by atoms with Crippen LogP contribution >= 0.6 is 0 Å². The zero-order valence-electron chi connectivity index (χ0n) is 16.1. The lowest BCUT2D eigenvalue weighted by atomic mass is 9.91. The van der Waals surface area contributed by atoms with Crippen LogP contribution in [0.4, 0.5) is 4.79 Å². The van der Waals surface area contributed by atoms with Gasteiger partial charge in [0.2, 0.25) is 5.91 Å². The maximum absolute atomic E-state index is 13.0. The standard InChI is InChI=1S/C22H23N3O3/c1-15-7-9-18(10-8-15)22(2)20(27)25(21(28)23-22)14-19(26)24-12-11-16-5-3-4-6-17(16)13-24/h3-10H,11-14H2,1-2H3,(H,23,28)/t22-/m1/s1. The molecule has 0 aliphatic carbocycles. The van der Waals surface area contributed by atoms with E-state index in [1.165, 1.54) is 5.56 Å². The smallest absolute Gasteiger partial charge is 0.325 e. The van der Waals surface area contributed by atoms with E-state index in [-0.39, 0.29) is 12.5 Å². The predicted octanol–water partition coefficient (Wildman–Crippen LogP) is 2.35. The van der Waals surface area contributed by atoms with Gasteiger partial charge < -0.3 is 10.2 Å². The number of benzene rings is 2. The number of rotatable bonds is 3. The highest BCUT2D eigenvalue weighted by atomic mass is 16.2. The van der Waals surface area contributed by atoms with Crippen LogP contribution in [0.15, 0.2) is 48.5 Å². The van der Waals surface area contributed by atoms with Crippen molar-refractivity contribution in [3.05, 3.63) is 70.8 Å². The number of nitrogens with one attached hydrogen (secondary N) is 1. The highest BCUT2D eigenvalue weighted by Crippen LogP contribution is 2.29. The van der Waals surface area contributed by atoms with E-state index >= 15 is 0 Å². The van der Waals surface area contributed by atoms with E-state index in [4.69, 9.17) is 0 Å². The number of imide groups is 1. The average molecular weight is 377 g/mol. The fraction of sp³-hybridized carbons (Fsp3) is 0.318. The van der Waals surface area contributed by atoms with Crippen LogP contribution in [0.25, 0.3) is 0 Å². The Morgan fingerprint density at radius 3 is 2.46 bits per heavy atom. The van der Waals surface area contributed by atoms with E-state index in [1.54, 1.807) is 11.8 Å². The Bertz CT molecular complexity index is 954. The minimum absolute atomic E-state index is 0.217. The van der Waals surface area contributed by atoms with E-state index in [9.17, 15) is 14.4 Å². The molecule has 4 rings (SSSR count). The molecular weight excluding hydrogens is 354 g/mol. The number of urea groups is 1. The molecule has 1 N–H and O–H groups in total. The topological polar surface area (TPSA) is 69.7 Å². The maximum Gasteiger partial charge on any atom is 0.325 e. The van der Waals surface area contributed by atoms with Crippen LogP contribution < -0.4 is 5.32 Å². The molecule has 4 amide bonds. The zero-order chi connectivity index (χ0) is 19.9. The first-order valence-corrected chi connectivity index (χ1v) is 9.44. The first-order valence-electron chi connectivity index (χ1n) is 9.44. The van der Waals surface area contributed by atoms with Crippen molar-refractivity contribution in [3.8, 4) is 0 Å². The third-order valence-corrected chi connectivity index (χ3v) is 5.68. The minimum atomic E-state index is -1.15. The van der Waals surface area contributed by atoms with Crippen molar-refractivity contribution in [1.29, 1.82) is 0 Å². The number of amides is 4. The molecule has 2 aromatic rings. The first kappa shape index (κ1) is 18.2. The highest BCUT2D eigenvalue weighted by molar-refractivity contribution is 6.09. The van der Waals surface area contributed by atoms with Gasteiger partial charge in [0.1, 0.15) is 12.1 Å². The van der Waals surface area contributed by atoms with Crippen LogP contribution in [0.3, 0.4) is 0 Å². The van der Waals surface area contributed by atoms with Crippen molar-refractivity contribution in [2.24, 2.45) is 0 Å². The van der Waals surface area contributed by atoms with Gasteiger partial charge in [-0.1, -0.05) is 54.1 Å². The lowest BCUT2D eigenvalue weighted by Crippen LogP contribution is -2.45. The molecule has 0 aromatic heterocycles. The molecule has 6 heteroatoms. The summed E-state index contributed by atoms with van der Waals surface area (Å²) in [5.41, 5.74) is 2.98. The van der Waals surface area contributed by atoms with Crippen LogP contribution in [0.5, 0.6) is 0 Å². The monoisotopic (exact) mass is 377 g/mol. The number of hydrogen-bond acceptors (Lipinski definition) is 3. The Morgan fingerprint density at radius 1 is 1.07 bits per heavy atom. The Hall–Kier alpha value is -3.15. The second-order valence-corrected chi connectivity index (χ2v) is 7.65. The predicted molar refractivity (Wildman–Crippen MR) is 104 cm³/mol. The van der Waals surface area contributed by atoms with Crippen LogP contribution in [0.1, 0.15) is 29.2 Å². The van der Waals surface area contributed by atoms with Gasteiger partial charge in [-0.05, 0) is 37.0 Å². The van der Waals surface area contributed by atoms with Crippen molar-refractivity contribution in [2.75, 3.05) is 13.1 Å². The molecule has 2 aliphatic rings. The minimum Gasteiger partial charge on any atom is -0.336 e. The molecule has 28 heavy (non-hydrogen) atoms. The van der Waals surface area contributed by atoms with Crippen molar-refractivity contribution >= 4 is 17.8 Å². The molecule has 1 fully saturated rings. The van der Waals surface area contributed by atoms with E-state index in [0.29, 0.717) is 18.7 Å². The van der Waals surface area contributed by atoms with Gasteiger partial charge in [0.25, 0.3) is 5.91 Å². The van der Waals surface area contributed by atoms with E-state index in [2.05, 4.69) is 11.4 Å². The molecular formula is C22H23N3O3. The Morgan fingerprint density at radius 2 is 1.75 bits per heavy atom. The van der Waals surface area contributed by atoms with Crippen LogP contribution in [0, 0.1) is 6.92 Å². The summed E-state index contributed by atoms with van der Waals surface area (Å²) in [6.45, 7) is 4.50. The number of hydrogen-bond donors (Lipinski definition) is 1. The maximum atomic E-state index is 13.0. The van der Waals surface area contributed by atoms with Crippen LogP contribution in [-0.2, 0) is 28.1 Å². The molecule has 6 nitrogen and oxygen atoms in total. The molecule has 0 spiro atoms. The van der Waals surface area contributed by atoms with Crippen LogP contribution in [0.2, 0.25) is 0 Å². The molecule has 2 aromatic carbocycles. The number of nitrogens with zero attached hydrogens (tertiary/aromatic N) is 2. The summed E-state index contributed by atoms with van der Waals surface area (Å²) in [6, 6.07) is 15.0. The van der Waals surface area contributed by atoms with Gasteiger partial charge in [-0.25, -0.2) is 4.79 Å². The number of carbonyl (C=O) groups is 3. The van der Waals surface area contributed by atoms with Gasteiger partial charge in [-0.2, -0.15) is 0 Å². The molecule has 144 valence electrons. The molecule has 2 heterocycles. The summed E-state index contributed by atoms with van der Waals surface area (Å²) in [4.78, 5) is 41.0. The summed E-state index contributed by atoms with van der Waals surface area (Å²) in [7, 11) is 0. The van der Waals surface area contributed by atoms with Gasteiger partial charge in [0.05, 0.1) is 0 Å². The summed E-state index contributed by atoms with van der Waals surface area (Å²) >= 11 is 0. The SMILES string of the molecule is Cc1ccc([C@@]2(C)NC(=O)N(CC(=O)N3CCc4ccccc4C3)C2=O)cc1. The molecule has 1 saturated heterocycles. The van der Waals surface area contributed by atoms with Gasteiger partial charge in [0.15, 0.2) is 0 Å². The summed E-state index contributed by atoms with van der Waals surface area (Å²) in [5.74, 6) is -0.613. The molecule has 0 saturated carbocycles. The van der Waals surface area contributed by atoms with Gasteiger partial charge in [0, 0.05) is 13.1 Å². The largest absolute Gasteiger partial charge is 0.336 e. The van der Waals surface area contributed by atoms with E-state index in [1.807, 2.05) is 49.4 Å². The first-order chi connectivity index (χ1) is 13.4. The Labute approximate surface area is 164 Å². The Balaban J connectivity index is 1.49. The molecule has 0 unspecified atom stereocenters. The van der Waals surface area contributed by atoms with Crippen molar-refractivity contribution in [1.82, 2.24) is 15.1 Å². The van der Waals surface area contributed by atoms with Crippen LogP contribution in [-0.4, -0.2) is 40.7 Å². The molecule has 0 radical (unpaired) electrons. The molecule has 1 atom stereocenters. The van der Waals surface area contributed by atoms with Crippen molar-refractivity contribution in [2.45, 2.75) is 32.4 Å². The number of carbonyl (C=O) groups excluding carboxylic acids is 3. The van der Waals surface area contributed by atoms with Gasteiger partial charge in [-0.3, -0.25) is 14.5 Å². The van der Waals surface area contributed by atoms with Gasteiger partial charge in [-0.15, -0.1) is 0 Å². The fourth-order valence-corrected chi connectivity index (χ4v) is 3.87. The van der Waals surface area contributed by atoms with Crippen molar-refractivity contribution < 1.29 is 14.4 Å². The molecule has 0 bridgehead atoms. The number of aryl methyl sites for hydroxylation is 1. The molecule has 2 aliphatic heterocycles. The quantitative estimate of drug-likeness (QED) is 0.835. The summed E-state index contributed by atoms with van der Waals surface area (Å²) < 4.78 is 0. The lowest BCUT2D eigenvalue weighted by Gasteiger charge is -2.30. The second kappa shape index (κ2) is 6.78. The zero-order valence-corrected chi connectivity index (χ0v) is 16.1. The summed E-state index contributed by atoms with van der Waals surface area (Å²) in [6.07, 6.45) is 0.781. The normalized spacial score (nSPS) is 21.5. The van der Waals surface area contributed by atoms with Gasteiger partial charge >= 0.3 is 6.03 Å². The lowest BCUT2D eigenvalue weighted by molar-refractivity contribution is -0.139. The average Bonchev–Trinajstić information content (AvgIpc) is 2.92. The van der Waals surface area contributed by atoms with Crippen molar-refractivity contribution in [3.63, 3.8) is 0 Å². The fourth-order valence-electron chi connectivity index (χ4n) is 3.87. The third-order valence-electron chi connectivity index (χ3n) is 5.68. The number of fused-ring (bicyclic) bond motifs is 1.